The minimum atomic E-state index is -0.387. The Labute approximate surface area is 135 Å². The molecule has 120 valence electrons. The highest BCUT2D eigenvalue weighted by atomic mass is 19.1. The molecule has 0 radical (unpaired) electrons. The van der Waals surface area contributed by atoms with Crippen LogP contribution in [0.3, 0.4) is 0 Å². The minimum Gasteiger partial charge on any atom is -0.494 e. The third kappa shape index (κ3) is 3.52. The van der Waals surface area contributed by atoms with E-state index in [9.17, 15) is 9.18 Å². The SMILES string of the molecule is COc1cc(C2(NC(=O)CCc3ccccc3)CC2)ccc1F. The number of nitrogens with one attached hydrogen (secondary N) is 1. The number of hydrogen-bond acceptors (Lipinski definition) is 2. The summed E-state index contributed by atoms with van der Waals surface area (Å²) in [6, 6.07) is 14.7. The second-order valence-corrected chi connectivity index (χ2v) is 5.97. The summed E-state index contributed by atoms with van der Waals surface area (Å²) in [7, 11) is 1.44. The van der Waals surface area contributed by atoms with Crippen molar-refractivity contribution in [1.82, 2.24) is 5.32 Å². The van der Waals surface area contributed by atoms with Gasteiger partial charge in [0.1, 0.15) is 0 Å². The highest BCUT2D eigenvalue weighted by molar-refractivity contribution is 5.78. The van der Waals surface area contributed by atoms with E-state index >= 15 is 0 Å². The van der Waals surface area contributed by atoms with Crippen molar-refractivity contribution in [2.75, 3.05) is 7.11 Å². The van der Waals surface area contributed by atoms with Crippen LogP contribution in [0.1, 0.15) is 30.4 Å². The Morgan fingerprint density at radius 3 is 2.61 bits per heavy atom. The van der Waals surface area contributed by atoms with Gasteiger partial charge in [-0.15, -0.1) is 0 Å². The molecule has 2 aromatic rings. The Hall–Kier alpha value is -2.36. The van der Waals surface area contributed by atoms with E-state index in [4.69, 9.17) is 4.74 Å². The smallest absolute Gasteiger partial charge is 0.221 e. The van der Waals surface area contributed by atoms with Gasteiger partial charge in [0.25, 0.3) is 0 Å². The van der Waals surface area contributed by atoms with Gasteiger partial charge in [0, 0.05) is 6.42 Å². The molecule has 0 aromatic heterocycles. The van der Waals surface area contributed by atoms with Crippen molar-refractivity contribution in [2.45, 2.75) is 31.2 Å². The molecule has 1 N–H and O–H groups in total. The Balaban J connectivity index is 1.64. The molecule has 0 aliphatic heterocycles. The molecule has 0 atom stereocenters. The summed E-state index contributed by atoms with van der Waals surface area (Å²) < 4.78 is 18.6. The van der Waals surface area contributed by atoms with E-state index in [-0.39, 0.29) is 23.0 Å². The first-order valence-corrected chi connectivity index (χ1v) is 7.82. The van der Waals surface area contributed by atoms with Gasteiger partial charge in [0.2, 0.25) is 5.91 Å². The zero-order chi connectivity index (χ0) is 16.3. The van der Waals surface area contributed by atoms with E-state index in [0.717, 1.165) is 30.4 Å². The van der Waals surface area contributed by atoms with E-state index in [1.165, 1.54) is 13.2 Å². The quantitative estimate of drug-likeness (QED) is 0.885. The number of carbonyl (C=O) groups excluding carboxylic acids is 1. The lowest BCUT2D eigenvalue weighted by Gasteiger charge is -2.19. The Morgan fingerprint density at radius 2 is 1.96 bits per heavy atom. The van der Waals surface area contributed by atoms with Crippen LogP contribution in [0.5, 0.6) is 5.75 Å². The minimum absolute atomic E-state index is 0.0228. The van der Waals surface area contributed by atoms with Crippen LogP contribution < -0.4 is 10.1 Å². The van der Waals surface area contributed by atoms with Gasteiger partial charge in [-0.3, -0.25) is 4.79 Å². The van der Waals surface area contributed by atoms with Gasteiger partial charge >= 0.3 is 0 Å². The summed E-state index contributed by atoms with van der Waals surface area (Å²) >= 11 is 0. The molecule has 0 saturated heterocycles. The van der Waals surface area contributed by atoms with Crippen LogP contribution in [0.4, 0.5) is 4.39 Å². The van der Waals surface area contributed by atoms with Crippen molar-refractivity contribution < 1.29 is 13.9 Å². The van der Waals surface area contributed by atoms with Gasteiger partial charge in [0.15, 0.2) is 11.6 Å². The molecule has 23 heavy (non-hydrogen) atoms. The van der Waals surface area contributed by atoms with E-state index in [1.54, 1.807) is 12.1 Å². The van der Waals surface area contributed by atoms with E-state index in [0.29, 0.717) is 6.42 Å². The molecule has 3 nitrogen and oxygen atoms in total. The van der Waals surface area contributed by atoms with Crippen molar-refractivity contribution >= 4 is 5.91 Å². The average Bonchev–Trinajstić information content (AvgIpc) is 3.35. The molecule has 2 aromatic carbocycles. The summed E-state index contributed by atoms with van der Waals surface area (Å²) in [5.41, 5.74) is 1.70. The maximum atomic E-state index is 13.5. The largest absolute Gasteiger partial charge is 0.494 e. The Bertz CT molecular complexity index is 696. The number of rotatable bonds is 6. The highest BCUT2D eigenvalue weighted by Crippen LogP contribution is 2.46. The number of ether oxygens (including phenoxy) is 1. The maximum Gasteiger partial charge on any atom is 0.221 e. The molecule has 0 heterocycles. The van der Waals surface area contributed by atoms with Crippen molar-refractivity contribution in [2.24, 2.45) is 0 Å². The summed E-state index contributed by atoms with van der Waals surface area (Å²) in [6.07, 6.45) is 2.91. The summed E-state index contributed by atoms with van der Waals surface area (Å²) in [6.45, 7) is 0. The standard InChI is InChI=1S/C19H20FNO2/c1-23-17-13-15(8-9-16(17)20)19(11-12-19)21-18(22)10-7-14-5-3-2-4-6-14/h2-6,8-9,13H,7,10-12H2,1H3,(H,21,22). The monoisotopic (exact) mass is 313 g/mol. The van der Waals surface area contributed by atoms with Gasteiger partial charge in [-0.1, -0.05) is 36.4 Å². The second-order valence-electron chi connectivity index (χ2n) is 5.97. The normalized spacial score (nSPS) is 15.0. The number of carbonyl (C=O) groups is 1. The summed E-state index contributed by atoms with van der Waals surface area (Å²) in [5.74, 6) is -0.149. The fraction of sp³-hybridized carbons (Fsp3) is 0.316. The Morgan fingerprint density at radius 1 is 1.22 bits per heavy atom. The predicted molar refractivity (Wildman–Crippen MR) is 86.8 cm³/mol. The van der Waals surface area contributed by atoms with Crippen molar-refractivity contribution in [3.63, 3.8) is 0 Å². The van der Waals surface area contributed by atoms with Crippen molar-refractivity contribution in [3.8, 4) is 5.75 Å². The third-order valence-corrected chi connectivity index (χ3v) is 4.32. The molecule has 1 saturated carbocycles. The fourth-order valence-corrected chi connectivity index (χ4v) is 2.80. The van der Waals surface area contributed by atoms with Crippen LogP contribution in [-0.2, 0) is 16.8 Å². The van der Waals surface area contributed by atoms with Crippen LogP contribution in [0.25, 0.3) is 0 Å². The molecule has 1 aliphatic carbocycles. The first-order valence-electron chi connectivity index (χ1n) is 7.82. The highest BCUT2D eigenvalue weighted by Gasteiger charge is 2.45. The number of benzene rings is 2. The molecule has 3 rings (SSSR count). The van der Waals surface area contributed by atoms with E-state index in [1.807, 2.05) is 30.3 Å². The lowest BCUT2D eigenvalue weighted by atomic mass is 10.0. The number of halogens is 1. The molecule has 4 heteroatoms. The van der Waals surface area contributed by atoms with Crippen LogP contribution in [0.2, 0.25) is 0 Å². The lowest BCUT2D eigenvalue weighted by Crippen LogP contribution is -2.35. The van der Waals surface area contributed by atoms with Gasteiger partial charge in [-0.2, -0.15) is 0 Å². The van der Waals surface area contributed by atoms with Crippen LogP contribution in [0, 0.1) is 5.82 Å². The molecule has 1 amide bonds. The molecular formula is C19H20FNO2. The molecule has 1 aliphatic rings. The van der Waals surface area contributed by atoms with Gasteiger partial charge in [-0.05, 0) is 42.5 Å². The van der Waals surface area contributed by atoms with Gasteiger partial charge in [-0.25, -0.2) is 4.39 Å². The van der Waals surface area contributed by atoms with Crippen LogP contribution in [-0.4, -0.2) is 13.0 Å². The summed E-state index contributed by atoms with van der Waals surface area (Å²) in [5, 5.41) is 3.11. The van der Waals surface area contributed by atoms with Crippen LogP contribution >= 0.6 is 0 Å². The average molecular weight is 313 g/mol. The number of methoxy groups -OCH3 is 1. The third-order valence-electron chi connectivity index (χ3n) is 4.32. The molecule has 1 fully saturated rings. The Kier molecular flexibility index (Phi) is 4.33. The van der Waals surface area contributed by atoms with E-state index in [2.05, 4.69) is 5.32 Å². The van der Waals surface area contributed by atoms with Crippen LogP contribution in [0.15, 0.2) is 48.5 Å². The molecule has 0 spiro atoms. The second kappa shape index (κ2) is 6.41. The zero-order valence-corrected chi connectivity index (χ0v) is 13.1. The zero-order valence-electron chi connectivity index (χ0n) is 13.1. The molecule has 0 unspecified atom stereocenters. The van der Waals surface area contributed by atoms with Crippen molar-refractivity contribution in [1.29, 1.82) is 0 Å². The molecular weight excluding hydrogens is 293 g/mol. The maximum absolute atomic E-state index is 13.5. The first kappa shape index (κ1) is 15.5. The molecule has 0 bridgehead atoms. The first-order chi connectivity index (χ1) is 11.1. The lowest BCUT2D eigenvalue weighted by molar-refractivity contribution is -0.122. The van der Waals surface area contributed by atoms with E-state index < -0.39 is 0 Å². The fourth-order valence-electron chi connectivity index (χ4n) is 2.80. The van der Waals surface area contributed by atoms with Gasteiger partial charge in [0.05, 0.1) is 12.6 Å². The van der Waals surface area contributed by atoms with Gasteiger partial charge < -0.3 is 10.1 Å². The topological polar surface area (TPSA) is 38.3 Å². The number of amides is 1. The number of aryl methyl sites for hydroxylation is 1. The summed E-state index contributed by atoms with van der Waals surface area (Å²) in [4.78, 5) is 12.3. The predicted octanol–water partition coefficient (Wildman–Crippen LogP) is 3.57. The number of hydrogen-bond donors (Lipinski definition) is 1. The van der Waals surface area contributed by atoms with Crippen molar-refractivity contribution in [3.05, 3.63) is 65.5 Å².